The highest BCUT2D eigenvalue weighted by Crippen LogP contribution is 1.99. The van der Waals surface area contributed by atoms with Crippen molar-refractivity contribution in [3.8, 4) is 6.07 Å². The van der Waals surface area contributed by atoms with Gasteiger partial charge in [-0.15, -0.1) is 0 Å². The zero-order valence-electron chi connectivity index (χ0n) is 7.29. The number of rotatable bonds is 3. The predicted octanol–water partition coefficient (Wildman–Crippen LogP) is 1.16. The molecule has 0 saturated carbocycles. The highest BCUT2D eigenvalue weighted by atomic mass is 16.2. The summed E-state index contributed by atoms with van der Waals surface area (Å²) in [5, 5.41) is 8.29. The Hall–Kier alpha value is -1.04. The molecule has 0 aromatic heterocycles. The van der Waals surface area contributed by atoms with Crippen molar-refractivity contribution < 1.29 is 4.79 Å². The molecule has 0 aliphatic heterocycles. The van der Waals surface area contributed by atoms with Crippen molar-refractivity contribution in [3.05, 3.63) is 0 Å². The molecule has 0 fully saturated rings. The number of hydrogen-bond acceptors (Lipinski definition) is 2. The molecular formula is C8H14N2O. The molecule has 0 aliphatic carbocycles. The molecule has 0 atom stereocenters. The van der Waals surface area contributed by atoms with E-state index >= 15 is 0 Å². The quantitative estimate of drug-likeness (QED) is 0.612. The summed E-state index contributed by atoms with van der Waals surface area (Å²) in [6.45, 7) is 5.96. The second-order valence-corrected chi connectivity index (χ2v) is 2.71. The van der Waals surface area contributed by atoms with Gasteiger partial charge >= 0.3 is 0 Å². The van der Waals surface area contributed by atoms with Crippen LogP contribution in [-0.2, 0) is 4.79 Å². The van der Waals surface area contributed by atoms with Gasteiger partial charge < -0.3 is 4.90 Å². The maximum atomic E-state index is 10.9. The first-order valence-electron chi connectivity index (χ1n) is 3.73. The minimum atomic E-state index is 0.0373. The molecule has 0 spiro atoms. The van der Waals surface area contributed by atoms with Crippen molar-refractivity contribution in [1.29, 1.82) is 5.26 Å². The average Bonchev–Trinajstić information content (AvgIpc) is 1.87. The lowest BCUT2D eigenvalue weighted by atomic mass is 10.3. The van der Waals surface area contributed by atoms with Crippen LogP contribution in [0.3, 0.4) is 0 Å². The third kappa shape index (κ3) is 3.61. The second-order valence-electron chi connectivity index (χ2n) is 2.71. The summed E-state index contributed by atoms with van der Waals surface area (Å²) in [4.78, 5) is 12.6. The van der Waals surface area contributed by atoms with Crippen molar-refractivity contribution in [2.75, 3.05) is 6.54 Å². The van der Waals surface area contributed by atoms with E-state index in [0.717, 1.165) is 0 Å². The molecule has 3 nitrogen and oxygen atoms in total. The predicted molar refractivity (Wildman–Crippen MR) is 42.8 cm³/mol. The van der Waals surface area contributed by atoms with Gasteiger partial charge in [0.05, 0.1) is 12.5 Å². The molecule has 0 N–H and O–H groups in total. The fourth-order valence-electron chi connectivity index (χ4n) is 0.950. The highest BCUT2D eigenvalue weighted by molar-refractivity contribution is 5.73. The van der Waals surface area contributed by atoms with E-state index in [-0.39, 0.29) is 11.9 Å². The largest absolute Gasteiger partial charge is 0.339 e. The average molecular weight is 154 g/mol. The first-order chi connectivity index (χ1) is 5.09. The van der Waals surface area contributed by atoms with E-state index in [0.29, 0.717) is 13.0 Å². The molecule has 62 valence electrons. The van der Waals surface area contributed by atoms with E-state index in [2.05, 4.69) is 0 Å². The van der Waals surface area contributed by atoms with Crippen molar-refractivity contribution in [2.24, 2.45) is 0 Å². The monoisotopic (exact) mass is 154 g/mol. The van der Waals surface area contributed by atoms with Crippen LogP contribution in [-0.4, -0.2) is 23.4 Å². The van der Waals surface area contributed by atoms with Gasteiger partial charge in [-0.05, 0) is 13.8 Å². The molecule has 0 saturated heterocycles. The van der Waals surface area contributed by atoms with E-state index in [1.807, 2.05) is 19.9 Å². The molecule has 0 aromatic carbocycles. The molecular weight excluding hydrogens is 140 g/mol. The van der Waals surface area contributed by atoms with Gasteiger partial charge in [-0.1, -0.05) is 0 Å². The van der Waals surface area contributed by atoms with Crippen molar-refractivity contribution >= 4 is 5.91 Å². The van der Waals surface area contributed by atoms with Crippen molar-refractivity contribution in [3.63, 3.8) is 0 Å². The normalized spacial score (nSPS) is 9.36. The summed E-state index contributed by atoms with van der Waals surface area (Å²) in [6, 6.07) is 2.21. The van der Waals surface area contributed by atoms with Crippen molar-refractivity contribution in [1.82, 2.24) is 4.90 Å². The fourth-order valence-corrected chi connectivity index (χ4v) is 0.950. The van der Waals surface area contributed by atoms with Gasteiger partial charge in [-0.3, -0.25) is 4.79 Å². The minimum Gasteiger partial charge on any atom is -0.339 e. The lowest BCUT2D eigenvalue weighted by Crippen LogP contribution is -2.35. The van der Waals surface area contributed by atoms with E-state index in [9.17, 15) is 4.79 Å². The van der Waals surface area contributed by atoms with Crippen LogP contribution in [0.5, 0.6) is 0 Å². The molecule has 0 aliphatic rings. The molecule has 11 heavy (non-hydrogen) atoms. The van der Waals surface area contributed by atoms with Gasteiger partial charge in [0.25, 0.3) is 0 Å². The van der Waals surface area contributed by atoms with Crippen LogP contribution in [0.4, 0.5) is 0 Å². The van der Waals surface area contributed by atoms with Gasteiger partial charge in [-0.25, -0.2) is 0 Å². The number of carbonyl (C=O) groups excluding carboxylic acids is 1. The SMILES string of the molecule is CC(=O)N(CCC#N)C(C)C. The van der Waals surface area contributed by atoms with Crippen LogP contribution in [0.15, 0.2) is 0 Å². The Bertz CT molecular complexity index is 169. The number of hydrogen-bond donors (Lipinski definition) is 0. The lowest BCUT2D eigenvalue weighted by Gasteiger charge is -2.23. The van der Waals surface area contributed by atoms with Gasteiger partial charge in [-0.2, -0.15) is 5.26 Å². The summed E-state index contributed by atoms with van der Waals surface area (Å²) in [6.07, 6.45) is 0.414. The smallest absolute Gasteiger partial charge is 0.219 e. The second kappa shape index (κ2) is 4.73. The maximum absolute atomic E-state index is 10.9. The minimum absolute atomic E-state index is 0.0373. The molecule has 0 aromatic rings. The lowest BCUT2D eigenvalue weighted by molar-refractivity contribution is -0.130. The van der Waals surface area contributed by atoms with Crippen LogP contribution < -0.4 is 0 Å². The van der Waals surface area contributed by atoms with Crippen LogP contribution in [0.25, 0.3) is 0 Å². The Morgan fingerprint density at radius 3 is 2.45 bits per heavy atom. The van der Waals surface area contributed by atoms with Crippen LogP contribution >= 0.6 is 0 Å². The summed E-state index contributed by atoms with van der Waals surface area (Å²) in [5.74, 6) is 0.0373. The van der Waals surface area contributed by atoms with E-state index < -0.39 is 0 Å². The van der Waals surface area contributed by atoms with Crippen LogP contribution in [0, 0.1) is 11.3 Å². The van der Waals surface area contributed by atoms with E-state index in [4.69, 9.17) is 5.26 Å². The summed E-state index contributed by atoms with van der Waals surface area (Å²) in [5.41, 5.74) is 0. The molecule has 0 radical (unpaired) electrons. The first-order valence-corrected chi connectivity index (χ1v) is 3.73. The topological polar surface area (TPSA) is 44.1 Å². The Morgan fingerprint density at radius 1 is 1.64 bits per heavy atom. The Labute approximate surface area is 67.6 Å². The molecule has 0 rings (SSSR count). The molecule has 0 bridgehead atoms. The molecule has 0 unspecified atom stereocenters. The zero-order chi connectivity index (χ0) is 8.85. The first kappa shape index (κ1) is 9.96. The summed E-state index contributed by atoms with van der Waals surface area (Å²) >= 11 is 0. The standard InChI is InChI=1S/C8H14N2O/c1-7(2)10(8(3)11)6-4-5-9/h7H,4,6H2,1-3H3. The molecule has 0 heterocycles. The van der Waals surface area contributed by atoms with Crippen LogP contribution in [0.1, 0.15) is 27.2 Å². The number of nitriles is 1. The van der Waals surface area contributed by atoms with Gasteiger partial charge in [0.15, 0.2) is 0 Å². The Morgan fingerprint density at radius 2 is 2.18 bits per heavy atom. The summed E-state index contributed by atoms with van der Waals surface area (Å²) < 4.78 is 0. The zero-order valence-corrected chi connectivity index (χ0v) is 7.29. The third-order valence-corrected chi connectivity index (χ3v) is 1.49. The van der Waals surface area contributed by atoms with Gasteiger partial charge in [0, 0.05) is 19.5 Å². The van der Waals surface area contributed by atoms with E-state index in [1.54, 1.807) is 4.90 Å². The van der Waals surface area contributed by atoms with Gasteiger partial charge in [0.1, 0.15) is 0 Å². The third-order valence-electron chi connectivity index (χ3n) is 1.49. The van der Waals surface area contributed by atoms with Crippen LogP contribution in [0.2, 0.25) is 0 Å². The van der Waals surface area contributed by atoms with E-state index in [1.165, 1.54) is 6.92 Å². The fraction of sp³-hybridized carbons (Fsp3) is 0.750. The van der Waals surface area contributed by atoms with Gasteiger partial charge in [0.2, 0.25) is 5.91 Å². The van der Waals surface area contributed by atoms with Crippen molar-refractivity contribution in [2.45, 2.75) is 33.2 Å². The molecule has 3 heteroatoms. The number of amides is 1. The number of carbonyl (C=O) groups is 1. The number of nitrogens with zero attached hydrogens (tertiary/aromatic N) is 2. The Kier molecular flexibility index (Phi) is 4.28. The summed E-state index contributed by atoms with van der Waals surface area (Å²) in [7, 11) is 0. The highest BCUT2D eigenvalue weighted by Gasteiger charge is 2.10. The molecule has 1 amide bonds. The maximum Gasteiger partial charge on any atom is 0.219 e. The Balaban J connectivity index is 3.92.